The Kier molecular flexibility index (Phi) is 5.12. The molecule has 0 aromatic heterocycles. The summed E-state index contributed by atoms with van der Waals surface area (Å²) in [5.41, 5.74) is 2.09. The molecule has 2 aromatic rings. The molecule has 1 unspecified atom stereocenters. The topological polar surface area (TPSA) is 48.0 Å². The lowest BCUT2D eigenvalue weighted by atomic mass is 10.1. The molecule has 0 bridgehead atoms. The van der Waals surface area contributed by atoms with E-state index >= 15 is 0 Å². The fraction of sp³-hybridized carbons (Fsp3) is 0.350. The highest BCUT2D eigenvalue weighted by Crippen LogP contribution is 2.31. The van der Waals surface area contributed by atoms with Gasteiger partial charge in [0, 0.05) is 13.6 Å². The number of carbonyl (C=O) groups excluding carboxylic acids is 1. The summed E-state index contributed by atoms with van der Waals surface area (Å²) in [6.07, 6.45) is -0.552. The first-order chi connectivity index (χ1) is 12.0. The zero-order chi connectivity index (χ0) is 17.8. The zero-order valence-corrected chi connectivity index (χ0v) is 14.8. The molecule has 1 aliphatic heterocycles. The van der Waals surface area contributed by atoms with Gasteiger partial charge >= 0.3 is 0 Å². The Bertz CT molecular complexity index is 759. The van der Waals surface area contributed by atoms with Crippen LogP contribution in [0.1, 0.15) is 18.1 Å². The highest BCUT2D eigenvalue weighted by molar-refractivity contribution is 5.80. The van der Waals surface area contributed by atoms with Crippen LogP contribution in [0.2, 0.25) is 0 Å². The number of carbonyl (C=O) groups is 1. The van der Waals surface area contributed by atoms with Crippen LogP contribution in [0.4, 0.5) is 0 Å². The minimum Gasteiger partial charge on any atom is -0.486 e. The van der Waals surface area contributed by atoms with Crippen LogP contribution >= 0.6 is 0 Å². The summed E-state index contributed by atoms with van der Waals surface area (Å²) in [4.78, 5) is 14.2. The second-order valence-electron chi connectivity index (χ2n) is 6.25. The zero-order valence-electron chi connectivity index (χ0n) is 14.8. The van der Waals surface area contributed by atoms with Crippen LogP contribution in [-0.4, -0.2) is 37.2 Å². The summed E-state index contributed by atoms with van der Waals surface area (Å²) in [6.45, 7) is 5.36. The van der Waals surface area contributed by atoms with Gasteiger partial charge in [0.15, 0.2) is 17.6 Å². The van der Waals surface area contributed by atoms with E-state index in [0.29, 0.717) is 25.5 Å². The molecule has 25 heavy (non-hydrogen) atoms. The van der Waals surface area contributed by atoms with Gasteiger partial charge in [-0.15, -0.1) is 0 Å². The second kappa shape index (κ2) is 7.47. The van der Waals surface area contributed by atoms with E-state index in [1.54, 1.807) is 18.9 Å². The van der Waals surface area contributed by atoms with Crippen LogP contribution < -0.4 is 14.2 Å². The molecule has 1 amide bonds. The normalized spacial score (nSPS) is 13.9. The van der Waals surface area contributed by atoms with Crippen molar-refractivity contribution < 1.29 is 19.0 Å². The molecule has 1 heterocycles. The molecule has 1 atom stereocenters. The molecule has 132 valence electrons. The summed E-state index contributed by atoms with van der Waals surface area (Å²) in [7, 11) is 1.77. The quantitative estimate of drug-likeness (QED) is 0.838. The van der Waals surface area contributed by atoms with E-state index in [2.05, 4.69) is 0 Å². The highest BCUT2D eigenvalue weighted by Gasteiger charge is 2.20. The SMILES string of the molecule is Cc1cccc(OC(C)C(=O)N(C)Cc2ccc3c(c2)OCCO3)c1. The van der Waals surface area contributed by atoms with Gasteiger partial charge in [0.05, 0.1) is 0 Å². The van der Waals surface area contributed by atoms with Crippen molar-refractivity contribution in [3.05, 3.63) is 53.6 Å². The van der Waals surface area contributed by atoms with Crippen molar-refractivity contribution in [1.82, 2.24) is 4.90 Å². The summed E-state index contributed by atoms with van der Waals surface area (Å²) in [5.74, 6) is 2.11. The van der Waals surface area contributed by atoms with Gasteiger partial charge in [-0.2, -0.15) is 0 Å². The van der Waals surface area contributed by atoms with Crippen molar-refractivity contribution >= 4 is 5.91 Å². The number of ether oxygens (including phenoxy) is 3. The van der Waals surface area contributed by atoms with Crippen LogP contribution in [0, 0.1) is 6.92 Å². The fourth-order valence-electron chi connectivity index (χ4n) is 2.79. The van der Waals surface area contributed by atoms with E-state index in [0.717, 1.165) is 22.6 Å². The number of likely N-dealkylation sites (N-methyl/N-ethyl adjacent to an activating group) is 1. The summed E-state index contributed by atoms with van der Waals surface area (Å²) < 4.78 is 16.9. The number of benzene rings is 2. The Morgan fingerprint density at radius 2 is 1.92 bits per heavy atom. The standard InChI is InChI=1S/C20H23NO4/c1-14-5-4-6-17(11-14)25-15(2)20(22)21(3)13-16-7-8-18-19(12-16)24-10-9-23-18/h4-8,11-12,15H,9-10,13H2,1-3H3. The molecule has 5 heteroatoms. The van der Waals surface area contributed by atoms with E-state index < -0.39 is 6.10 Å². The average molecular weight is 341 g/mol. The fourth-order valence-corrected chi connectivity index (χ4v) is 2.79. The Hall–Kier alpha value is -2.69. The van der Waals surface area contributed by atoms with E-state index in [4.69, 9.17) is 14.2 Å². The number of rotatable bonds is 5. The number of nitrogens with zero attached hydrogens (tertiary/aromatic N) is 1. The minimum absolute atomic E-state index is 0.0728. The molecule has 3 rings (SSSR count). The van der Waals surface area contributed by atoms with Crippen LogP contribution in [0.15, 0.2) is 42.5 Å². The molecule has 0 spiro atoms. The molecule has 5 nitrogen and oxygen atoms in total. The molecule has 1 aliphatic rings. The molecule has 0 N–H and O–H groups in total. The highest BCUT2D eigenvalue weighted by atomic mass is 16.6. The third kappa shape index (κ3) is 4.24. The van der Waals surface area contributed by atoms with E-state index in [1.165, 1.54) is 0 Å². The van der Waals surface area contributed by atoms with Crippen molar-refractivity contribution in [1.29, 1.82) is 0 Å². The molecule has 2 aromatic carbocycles. The maximum atomic E-state index is 12.6. The maximum Gasteiger partial charge on any atom is 0.263 e. The van der Waals surface area contributed by atoms with Gasteiger partial charge < -0.3 is 19.1 Å². The van der Waals surface area contributed by atoms with E-state index in [9.17, 15) is 4.79 Å². The van der Waals surface area contributed by atoms with Crippen LogP contribution in [0.5, 0.6) is 17.2 Å². The largest absolute Gasteiger partial charge is 0.486 e. The maximum absolute atomic E-state index is 12.6. The summed E-state index contributed by atoms with van der Waals surface area (Å²) in [5, 5.41) is 0. The first-order valence-electron chi connectivity index (χ1n) is 8.40. The van der Waals surface area contributed by atoms with E-state index in [1.807, 2.05) is 49.4 Å². The van der Waals surface area contributed by atoms with Gasteiger partial charge in [0.1, 0.15) is 19.0 Å². The Morgan fingerprint density at radius 1 is 1.16 bits per heavy atom. The first kappa shape index (κ1) is 17.1. The number of amides is 1. The van der Waals surface area contributed by atoms with Crippen molar-refractivity contribution in [2.75, 3.05) is 20.3 Å². The van der Waals surface area contributed by atoms with Crippen LogP contribution in [-0.2, 0) is 11.3 Å². The third-order valence-electron chi connectivity index (χ3n) is 4.05. The van der Waals surface area contributed by atoms with Gasteiger partial charge in [-0.3, -0.25) is 4.79 Å². The van der Waals surface area contributed by atoms with Crippen molar-refractivity contribution in [3.63, 3.8) is 0 Å². The monoisotopic (exact) mass is 341 g/mol. The minimum atomic E-state index is -0.552. The molecular formula is C20H23NO4. The summed E-state index contributed by atoms with van der Waals surface area (Å²) >= 11 is 0. The number of hydrogen-bond donors (Lipinski definition) is 0. The number of hydrogen-bond acceptors (Lipinski definition) is 4. The lowest BCUT2D eigenvalue weighted by Gasteiger charge is -2.23. The van der Waals surface area contributed by atoms with Gasteiger partial charge in [-0.05, 0) is 49.2 Å². The summed E-state index contributed by atoms with van der Waals surface area (Å²) in [6, 6.07) is 13.4. The molecule has 0 radical (unpaired) electrons. The Balaban J connectivity index is 1.62. The lowest BCUT2D eigenvalue weighted by molar-refractivity contribution is -0.137. The lowest BCUT2D eigenvalue weighted by Crippen LogP contribution is -2.37. The smallest absolute Gasteiger partial charge is 0.263 e. The number of fused-ring (bicyclic) bond motifs is 1. The molecule has 0 saturated heterocycles. The molecule has 0 saturated carbocycles. The predicted octanol–water partition coefficient (Wildman–Crippen LogP) is 3.19. The first-order valence-corrected chi connectivity index (χ1v) is 8.40. The molecule has 0 aliphatic carbocycles. The number of aryl methyl sites for hydroxylation is 1. The van der Waals surface area contributed by atoms with Crippen molar-refractivity contribution in [3.8, 4) is 17.2 Å². The molecular weight excluding hydrogens is 318 g/mol. The van der Waals surface area contributed by atoms with E-state index in [-0.39, 0.29) is 5.91 Å². The van der Waals surface area contributed by atoms with Gasteiger partial charge in [-0.25, -0.2) is 0 Å². The Labute approximate surface area is 148 Å². The Morgan fingerprint density at radius 3 is 2.68 bits per heavy atom. The average Bonchev–Trinajstić information content (AvgIpc) is 2.61. The van der Waals surface area contributed by atoms with Gasteiger partial charge in [0.2, 0.25) is 0 Å². The molecule has 0 fully saturated rings. The van der Waals surface area contributed by atoms with Crippen molar-refractivity contribution in [2.24, 2.45) is 0 Å². The van der Waals surface area contributed by atoms with Crippen LogP contribution in [0.25, 0.3) is 0 Å². The third-order valence-corrected chi connectivity index (χ3v) is 4.05. The predicted molar refractivity (Wildman–Crippen MR) is 95.2 cm³/mol. The van der Waals surface area contributed by atoms with Crippen LogP contribution in [0.3, 0.4) is 0 Å². The second-order valence-corrected chi connectivity index (χ2v) is 6.25. The van der Waals surface area contributed by atoms with Gasteiger partial charge in [0.25, 0.3) is 5.91 Å². The van der Waals surface area contributed by atoms with Gasteiger partial charge in [-0.1, -0.05) is 18.2 Å². The van der Waals surface area contributed by atoms with Crippen molar-refractivity contribution in [2.45, 2.75) is 26.5 Å².